The van der Waals surface area contributed by atoms with Crippen LogP contribution in [-0.2, 0) is 17.6 Å². The fraction of sp³-hybridized carbons (Fsp3) is 0.238. The van der Waals surface area contributed by atoms with Crippen LogP contribution in [0.5, 0.6) is 0 Å². The number of fused-ring (bicyclic) bond motifs is 1. The molecule has 2 heterocycles. The first-order valence-electron chi connectivity index (χ1n) is 8.72. The molecule has 0 spiro atoms. The molecule has 0 bridgehead atoms. The number of nitrogens with zero attached hydrogens (tertiary/aromatic N) is 2. The van der Waals surface area contributed by atoms with Gasteiger partial charge in [-0.3, -0.25) is 4.79 Å². The number of amides is 1. The summed E-state index contributed by atoms with van der Waals surface area (Å²) in [5.41, 5.74) is 3.87. The minimum Gasteiger partial charge on any atom is -0.309 e. The number of carbonyl (C=O) groups is 1. The van der Waals surface area contributed by atoms with Gasteiger partial charge in [0.25, 0.3) is 0 Å². The van der Waals surface area contributed by atoms with Crippen LogP contribution in [0.15, 0.2) is 53.9 Å². The quantitative estimate of drug-likeness (QED) is 0.663. The standard InChI is InChI=1S/C21H19FN2OS/c1-14-6-7-15-4-2-3-5-19(15)24(14)20(25)12-18-13-26-21(23-18)16-8-10-17(22)11-9-16/h2-5,8-11,13-14H,6-7,12H2,1H3/t14-/m1/s1. The summed E-state index contributed by atoms with van der Waals surface area (Å²) in [5, 5.41) is 2.72. The zero-order valence-electron chi connectivity index (χ0n) is 14.5. The first-order valence-corrected chi connectivity index (χ1v) is 9.60. The number of rotatable bonds is 3. The Morgan fingerprint density at radius 2 is 2.00 bits per heavy atom. The Hall–Kier alpha value is -2.53. The van der Waals surface area contributed by atoms with E-state index in [0.29, 0.717) is 0 Å². The summed E-state index contributed by atoms with van der Waals surface area (Å²) in [6.45, 7) is 2.10. The molecule has 0 saturated heterocycles. The summed E-state index contributed by atoms with van der Waals surface area (Å²) < 4.78 is 13.1. The van der Waals surface area contributed by atoms with Crippen molar-refractivity contribution in [3.05, 3.63) is 71.0 Å². The highest BCUT2D eigenvalue weighted by Gasteiger charge is 2.28. The van der Waals surface area contributed by atoms with Crippen LogP contribution in [0, 0.1) is 5.82 Å². The smallest absolute Gasteiger partial charge is 0.233 e. The van der Waals surface area contributed by atoms with E-state index in [4.69, 9.17) is 0 Å². The van der Waals surface area contributed by atoms with Gasteiger partial charge >= 0.3 is 0 Å². The zero-order valence-corrected chi connectivity index (χ0v) is 15.3. The Balaban J connectivity index is 1.55. The van der Waals surface area contributed by atoms with E-state index in [-0.39, 0.29) is 24.2 Å². The maximum absolute atomic E-state index is 13.1. The Morgan fingerprint density at radius 1 is 1.23 bits per heavy atom. The Kier molecular flexibility index (Phi) is 4.55. The van der Waals surface area contributed by atoms with E-state index in [1.165, 1.54) is 29.0 Å². The minimum atomic E-state index is -0.265. The molecule has 5 heteroatoms. The van der Waals surface area contributed by atoms with E-state index in [1.54, 1.807) is 12.1 Å². The number of halogens is 1. The molecule has 1 atom stereocenters. The first-order chi connectivity index (χ1) is 12.6. The lowest BCUT2D eigenvalue weighted by atomic mass is 9.96. The van der Waals surface area contributed by atoms with Crippen molar-refractivity contribution < 1.29 is 9.18 Å². The number of hydrogen-bond acceptors (Lipinski definition) is 3. The second-order valence-corrected chi connectivity index (χ2v) is 7.47. The molecule has 1 aliphatic heterocycles. The molecule has 26 heavy (non-hydrogen) atoms. The third-order valence-corrected chi connectivity index (χ3v) is 5.71. The van der Waals surface area contributed by atoms with Gasteiger partial charge in [-0.05, 0) is 55.7 Å². The molecule has 3 nitrogen and oxygen atoms in total. The number of para-hydroxylation sites is 1. The van der Waals surface area contributed by atoms with Gasteiger partial charge in [0.2, 0.25) is 5.91 Å². The van der Waals surface area contributed by atoms with E-state index < -0.39 is 0 Å². The summed E-state index contributed by atoms with van der Waals surface area (Å²) in [5.74, 6) is -0.195. The maximum atomic E-state index is 13.1. The molecule has 0 fully saturated rings. The van der Waals surface area contributed by atoms with Crippen molar-refractivity contribution >= 4 is 22.9 Å². The SMILES string of the molecule is C[C@@H]1CCc2ccccc2N1C(=O)Cc1csc(-c2ccc(F)cc2)n1. The molecule has 132 valence electrons. The van der Waals surface area contributed by atoms with Crippen molar-refractivity contribution in [2.45, 2.75) is 32.2 Å². The highest BCUT2D eigenvalue weighted by molar-refractivity contribution is 7.13. The number of carbonyl (C=O) groups excluding carboxylic acids is 1. The molecule has 0 N–H and O–H groups in total. The largest absolute Gasteiger partial charge is 0.309 e. The van der Waals surface area contributed by atoms with Crippen molar-refractivity contribution in [2.24, 2.45) is 0 Å². The molecule has 1 aromatic heterocycles. The van der Waals surface area contributed by atoms with Gasteiger partial charge in [0.05, 0.1) is 12.1 Å². The second kappa shape index (κ2) is 7.00. The number of aromatic nitrogens is 1. The monoisotopic (exact) mass is 366 g/mol. The molecule has 3 aromatic rings. The molecule has 0 radical (unpaired) electrons. The lowest BCUT2D eigenvalue weighted by Crippen LogP contribution is -2.43. The fourth-order valence-corrected chi connectivity index (χ4v) is 4.25. The van der Waals surface area contributed by atoms with Gasteiger partial charge in [-0.15, -0.1) is 11.3 Å². The van der Waals surface area contributed by atoms with Gasteiger partial charge in [0, 0.05) is 22.7 Å². The van der Waals surface area contributed by atoms with E-state index in [1.807, 2.05) is 28.5 Å². The van der Waals surface area contributed by atoms with Gasteiger partial charge in [-0.25, -0.2) is 9.37 Å². The van der Waals surface area contributed by atoms with E-state index in [2.05, 4.69) is 18.0 Å². The Bertz CT molecular complexity index is 935. The van der Waals surface area contributed by atoms with Crippen LogP contribution in [0.1, 0.15) is 24.6 Å². The number of anilines is 1. The second-order valence-electron chi connectivity index (χ2n) is 6.61. The summed E-state index contributed by atoms with van der Waals surface area (Å²) in [6, 6.07) is 14.6. The van der Waals surface area contributed by atoms with Gasteiger partial charge in [0.1, 0.15) is 10.8 Å². The van der Waals surface area contributed by atoms with Gasteiger partial charge in [-0.1, -0.05) is 18.2 Å². The topological polar surface area (TPSA) is 33.2 Å². The molecule has 0 aliphatic carbocycles. The van der Waals surface area contributed by atoms with Crippen molar-refractivity contribution in [3.8, 4) is 10.6 Å². The van der Waals surface area contributed by atoms with Crippen molar-refractivity contribution in [2.75, 3.05) is 4.90 Å². The number of aryl methyl sites for hydroxylation is 1. The first kappa shape index (κ1) is 16.9. The van der Waals surface area contributed by atoms with Gasteiger partial charge in [0.15, 0.2) is 0 Å². The van der Waals surface area contributed by atoms with Crippen LogP contribution in [-0.4, -0.2) is 16.9 Å². The highest BCUT2D eigenvalue weighted by Crippen LogP contribution is 2.31. The van der Waals surface area contributed by atoms with Crippen molar-refractivity contribution in [3.63, 3.8) is 0 Å². The Labute approximate surface area is 156 Å². The van der Waals surface area contributed by atoms with Crippen molar-refractivity contribution in [1.82, 2.24) is 4.98 Å². The van der Waals surface area contributed by atoms with Crippen molar-refractivity contribution in [1.29, 1.82) is 0 Å². The molecular weight excluding hydrogens is 347 g/mol. The van der Waals surface area contributed by atoms with Crippen LogP contribution < -0.4 is 4.90 Å². The predicted molar refractivity (Wildman–Crippen MR) is 103 cm³/mol. The average Bonchev–Trinajstić information content (AvgIpc) is 3.10. The molecule has 1 amide bonds. The highest BCUT2D eigenvalue weighted by atomic mass is 32.1. The number of thiazole rings is 1. The third kappa shape index (κ3) is 3.27. The predicted octanol–water partition coefficient (Wildman–Crippen LogP) is 4.86. The summed E-state index contributed by atoms with van der Waals surface area (Å²) >= 11 is 1.48. The van der Waals surface area contributed by atoms with Gasteiger partial charge < -0.3 is 4.90 Å². The lowest BCUT2D eigenvalue weighted by molar-refractivity contribution is -0.118. The summed E-state index contributed by atoms with van der Waals surface area (Å²) in [4.78, 5) is 19.5. The molecular formula is C21H19FN2OS. The van der Waals surface area contributed by atoms with Crippen LogP contribution in [0.25, 0.3) is 10.6 Å². The number of hydrogen-bond donors (Lipinski definition) is 0. The Morgan fingerprint density at radius 3 is 2.81 bits per heavy atom. The minimum absolute atomic E-state index is 0.0700. The van der Waals surface area contributed by atoms with Crippen LogP contribution in [0.2, 0.25) is 0 Å². The van der Waals surface area contributed by atoms with Gasteiger partial charge in [-0.2, -0.15) is 0 Å². The number of benzene rings is 2. The third-order valence-electron chi connectivity index (χ3n) is 4.77. The normalized spacial score (nSPS) is 16.4. The van der Waals surface area contributed by atoms with Crippen LogP contribution in [0.3, 0.4) is 0 Å². The lowest BCUT2D eigenvalue weighted by Gasteiger charge is -2.35. The van der Waals surface area contributed by atoms with E-state index in [0.717, 1.165) is 34.8 Å². The van der Waals surface area contributed by atoms with E-state index in [9.17, 15) is 9.18 Å². The summed E-state index contributed by atoms with van der Waals surface area (Å²) in [7, 11) is 0. The average molecular weight is 366 g/mol. The molecule has 1 aliphatic rings. The van der Waals surface area contributed by atoms with Crippen LogP contribution >= 0.6 is 11.3 Å². The molecule has 4 rings (SSSR count). The zero-order chi connectivity index (χ0) is 18.1. The summed E-state index contributed by atoms with van der Waals surface area (Å²) in [6.07, 6.45) is 2.25. The van der Waals surface area contributed by atoms with Crippen LogP contribution in [0.4, 0.5) is 10.1 Å². The molecule has 0 saturated carbocycles. The van der Waals surface area contributed by atoms with E-state index >= 15 is 0 Å². The maximum Gasteiger partial charge on any atom is 0.233 e. The molecule has 2 aromatic carbocycles. The fourth-order valence-electron chi connectivity index (χ4n) is 3.42. The molecule has 0 unspecified atom stereocenters.